The summed E-state index contributed by atoms with van der Waals surface area (Å²) >= 11 is 0. The second-order valence-corrected chi connectivity index (χ2v) is 4.85. The molecule has 0 aliphatic heterocycles. The van der Waals surface area contributed by atoms with Gasteiger partial charge in [0.15, 0.2) is 0 Å². The van der Waals surface area contributed by atoms with Gasteiger partial charge in [-0.1, -0.05) is 64.7 Å². The van der Waals surface area contributed by atoms with Gasteiger partial charge in [-0.3, -0.25) is 0 Å². The molecule has 0 unspecified atom stereocenters. The standard InChI is InChI=1S/C12H25O3S.Na.H2O/c1-2-3-4-5-6-7-8-9-10-11-12-15-16(13)14;;/h2-12H2,1H3;;1H2/q-1;+1;/p+1. The maximum Gasteiger partial charge on any atom is 1.00 e. The molecule has 3 N–H and O–H groups in total. The molecule has 0 atom stereocenters. The Morgan fingerprint density at radius 3 is 1.56 bits per heavy atom. The van der Waals surface area contributed by atoms with E-state index in [2.05, 4.69) is 11.1 Å². The molecule has 0 aliphatic rings. The summed E-state index contributed by atoms with van der Waals surface area (Å²) in [7, 11) is -2.33. The third-order valence-electron chi connectivity index (χ3n) is 2.68. The van der Waals surface area contributed by atoms with Gasteiger partial charge in [0.1, 0.15) is 0 Å². The molecule has 0 aromatic carbocycles. The fraction of sp³-hybridized carbons (Fsp3) is 1.00. The molecule has 0 fully saturated rings. The minimum Gasteiger partial charge on any atom is -0.457 e. The second kappa shape index (κ2) is 20.2. The first-order valence-electron chi connectivity index (χ1n) is 6.50. The van der Waals surface area contributed by atoms with Crippen molar-refractivity contribution in [2.75, 3.05) is 6.61 Å². The van der Waals surface area contributed by atoms with E-state index in [4.69, 9.17) is 0 Å². The Balaban J connectivity index is -0.00000112. The number of unbranched alkanes of at least 4 members (excludes halogenated alkanes) is 9. The van der Waals surface area contributed by atoms with Crippen molar-refractivity contribution >= 4 is 11.0 Å². The summed E-state index contributed by atoms with van der Waals surface area (Å²) in [6.07, 6.45) is 12.5. The maximum atomic E-state index is 10.0. The average molecular weight is 291 g/mol. The zero-order valence-electron chi connectivity index (χ0n) is 12.0. The van der Waals surface area contributed by atoms with Crippen LogP contribution in [-0.2, 0) is 29.1 Å². The van der Waals surface area contributed by atoms with E-state index in [0.717, 1.165) is 12.8 Å². The van der Waals surface area contributed by atoms with Crippen LogP contribution < -0.4 is 29.6 Å². The molecular formula is C12H28NaO4S+. The average Bonchev–Trinajstić information content (AvgIpc) is 2.25. The van der Waals surface area contributed by atoms with E-state index >= 15 is 0 Å². The van der Waals surface area contributed by atoms with Crippen LogP contribution in [0.25, 0.3) is 0 Å². The SMILES string of the molecule is CCCCCCCCCCCCO[S-](=O)=O.[Na+].[OH3+]. The zero-order chi connectivity index (χ0) is 12.1. The summed E-state index contributed by atoms with van der Waals surface area (Å²) in [5.41, 5.74) is 0. The second-order valence-electron chi connectivity index (χ2n) is 4.21. The summed E-state index contributed by atoms with van der Waals surface area (Å²) in [5, 5.41) is 0. The Hall–Kier alpha value is 0.870. The molecule has 106 valence electrons. The van der Waals surface area contributed by atoms with Gasteiger partial charge in [0, 0.05) is 6.61 Å². The molecule has 0 saturated carbocycles. The number of hydrogen-bond acceptors (Lipinski definition) is 4. The van der Waals surface area contributed by atoms with E-state index in [1.165, 1.54) is 51.4 Å². The van der Waals surface area contributed by atoms with Gasteiger partial charge in [-0.15, -0.1) is 0 Å². The van der Waals surface area contributed by atoms with Gasteiger partial charge < -0.3 is 18.1 Å². The third-order valence-corrected chi connectivity index (χ3v) is 3.04. The molecule has 0 saturated heterocycles. The number of hydrogen-bond donors (Lipinski definition) is 0. The van der Waals surface area contributed by atoms with Crippen LogP contribution in [0.3, 0.4) is 0 Å². The van der Waals surface area contributed by atoms with Gasteiger partial charge in [-0.2, -0.15) is 0 Å². The maximum absolute atomic E-state index is 10.0. The van der Waals surface area contributed by atoms with E-state index in [1.54, 1.807) is 0 Å². The first kappa shape index (κ1) is 23.9. The molecule has 0 heterocycles. The Bertz CT molecular complexity index is 202. The first-order chi connectivity index (χ1) is 7.77. The molecule has 6 heteroatoms. The van der Waals surface area contributed by atoms with Crippen molar-refractivity contribution in [1.82, 2.24) is 0 Å². The van der Waals surface area contributed by atoms with Crippen LogP contribution in [0.4, 0.5) is 0 Å². The van der Waals surface area contributed by atoms with Crippen LogP contribution in [0.15, 0.2) is 0 Å². The van der Waals surface area contributed by atoms with Gasteiger partial charge in [0.05, 0.1) is 11.0 Å². The molecule has 0 aromatic heterocycles. The summed E-state index contributed by atoms with van der Waals surface area (Å²) in [6, 6.07) is 0. The fourth-order valence-electron chi connectivity index (χ4n) is 1.72. The van der Waals surface area contributed by atoms with Crippen LogP contribution in [0, 0.1) is 0 Å². The van der Waals surface area contributed by atoms with Crippen molar-refractivity contribution in [3.8, 4) is 0 Å². The van der Waals surface area contributed by atoms with Crippen molar-refractivity contribution in [3.05, 3.63) is 0 Å². The van der Waals surface area contributed by atoms with Crippen LogP contribution >= 0.6 is 0 Å². The van der Waals surface area contributed by atoms with Crippen molar-refractivity contribution in [3.63, 3.8) is 0 Å². The fourth-order valence-corrected chi connectivity index (χ4v) is 1.97. The van der Waals surface area contributed by atoms with E-state index in [1.807, 2.05) is 0 Å². The largest absolute Gasteiger partial charge is 1.00 e. The van der Waals surface area contributed by atoms with Crippen LogP contribution in [0.5, 0.6) is 0 Å². The van der Waals surface area contributed by atoms with Crippen LogP contribution in [0.2, 0.25) is 0 Å². The summed E-state index contributed by atoms with van der Waals surface area (Å²) < 4.78 is 24.5. The first-order valence-corrected chi connectivity index (χ1v) is 7.50. The smallest absolute Gasteiger partial charge is 0.457 e. The predicted molar refractivity (Wildman–Crippen MR) is 71.4 cm³/mol. The monoisotopic (exact) mass is 291 g/mol. The van der Waals surface area contributed by atoms with E-state index < -0.39 is 11.0 Å². The molecule has 0 aliphatic carbocycles. The molecule has 4 nitrogen and oxygen atoms in total. The van der Waals surface area contributed by atoms with Gasteiger partial charge >= 0.3 is 29.6 Å². The normalized spacial score (nSPS) is 9.89. The van der Waals surface area contributed by atoms with E-state index in [9.17, 15) is 8.42 Å². The molecule has 18 heavy (non-hydrogen) atoms. The number of rotatable bonds is 12. The van der Waals surface area contributed by atoms with Crippen LogP contribution in [-0.4, -0.2) is 6.61 Å². The Morgan fingerprint density at radius 2 is 1.17 bits per heavy atom. The van der Waals surface area contributed by atoms with Gasteiger partial charge in [0.25, 0.3) is 0 Å². The van der Waals surface area contributed by atoms with Crippen LogP contribution in [0.1, 0.15) is 71.1 Å². The Morgan fingerprint density at radius 1 is 0.778 bits per heavy atom. The molecule has 0 rings (SSSR count). The Kier molecular flexibility index (Phi) is 26.8. The van der Waals surface area contributed by atoms with E-state index in [-0.39, 0.29) is 35.0 Å². The van der Waals surface area contributed by atoms with Gasteiger partial charge in [-0.05, 0) is 6.42 Å². The molecule has 0 amide bonds. The van der Waals surface area contributed by atoms with Gasteiger partial charge in [-0.25, -0.2) is 0 Å². The minimum absolute atomic E-state index is 0. The van der Waals surface area contributed by atoms with Crippen molar-refractivity contribution in [2.24, 2.45) is 0 Å². The summed E-state index contributed by atoms with van der Waals surface area (Å²) in [6.45, 7) is 2.57. The Labute approximate surface area is 136 Å². The molecular weight excluding hydrogens is 263 g/mol. The molecule has 0 spiro atoms. The minimum atomic E-state index is -2.33. The van der Waals surface area contributed by atoms with E-state index in [0.29, 0.717) is 6.61 Å². The van der Waals surface area contributed by atoms with Crippen molar-refractivity contribution < 1.29 is 47.6 Å². The third kappa shape index (κ3) is 22.1. The van der Waals surface area contributed by atoms with Crippen molar-refractivity contribution in [2.45, 2.75) is 71.1 Å². The van der Waals surface area contributed by atoms with Crippen molar-refractivity contribution in [1.29, 1.82) is 0 Å². The molecule has 0 bridgehead atoms. The topological polar surface area (TPSA) is 76.4 Å². The zero-order valence-corrected chi connectivity index (χ0v) is 14.8. The summed E-state index contributed by atoms with van der Waals surface area (Å²) in [4.78, 5) is 0. The molecule has 0 aromatic rings. The quantitative estimate of drug-likeness (QED) is 0.223. The summed E-state index contributed by atoms with van der Waals surface area (Å²) in [5.74, 6) is 0. The van der Waals surface area contributed by atoms with Gasteiger partial charge in [0.2, 0.25) is 0 Å². The predicted octanol–water partition coefficient (Wildman–Crippen LogP) is 0.230. The molecule has 0 radical (unpaired) electrons.